The molecule has 0 saturated heterocycles. The van der Waals surface area contributed by atoms with Crippen LogP contribution in [0.15, 0.2) is 24.3 Å². The maximum Gasteiger partial charge on any atom is 0.314 e. The highest BCUT2D eigenvalue weighted by Gasteiger charge is 2.42. The number of benzene rings is 1. The molecular weight excluding hydrogens is 260 g/mol. The predicted octanol–water partition coefficient (Wildman–Crippen LogP) is 5.02. The number of carboxylic acids is 1. The Morgan fingerprint density at radius 3 is 2.00 bits per heavy atom. The van der Waals surface area contributed by atoms with Crippen molar-refractivity contribution in [3.8, 4) is 0 Å². The van der Waals surface area contributed by atoms with Crippen LogP contribution in [-0.4, -0.2) is 11.1 Å². The minimum Gasteiger partial charge on any atom is -0.481 e. The normalized spacial score (nSPS) is 22.9. The van der Waals surface area contributed by atoms with Crippen LogP contribution in [-0.2, 0) is 10.2 Å². The zero-order valence-electron chi connectivity index (χ0n) is 12.8. The molecule has 0 aliphatic heterocycles. The maximum absolute atomic E-state index is 11.8. The molecule has 2 aliphatic carbocycles. The number of carboxylic acid groups (broad SMARTS) is 1. The number of carbonyl (C=O) groups is 1. The van der Waals surface area contributed by atoms with Crippen molar-refractivity contribution in [3.63, 3.8) is 0 Å². The van der Waals surface area contributed by atoms with E-state index in [1.54, 1.807) is 0 Å². The highest BCUT2D eigenvalue weighted by Crippen LogP contribution is 2.42. The molecule has 0 radical (unpaired) electrons. The molecule has 0 atom stereocenters. The summed E-state index contributed by atoms with van der Waals surface area (Å²) in [5, 5.41) is 9.67. The van der Waals surface area contributed by atoms with Gasteiger partial charge in [0.15, 0.2) is 0 Å². The molecule has 2 heteroatoms. The summed E-state index contributed by atoms with van der Waals surface area (Å²) in [5.41, 5.74) is 1.83. The number of hydrogen-bond acceptors (Lipinski definition) is 1. The molecule has 0 aromatic heterocycles. The van der Waals surface area contributed by atoms with Gasteiger partial charge in [0.05, 0.1) is 5.41 Å². The summed E-state index contributed by atoms with van der Waals surface area (Å²) in [6.45, 7) is 0. The van der Waals surface area contributed by atoms with Crippen molar-refractivity contribution in [1.29, 1.82) is 0 Å². The first-order valence-corrected chi connectivity index (χ1v) is 8.56. The fourth-order valence-corrected chi connectivity index (χ4v) is 4.29. The van der Waals surface area contributed by atoms with Crippen molar-refractivity contribution >= 4 is 5.97 Å². The largest absolute Gasteiger partial charge is 0.481 e. The summed E-state index contributed by atoms with van der Waals surface area (Å²) in [6.07, 6.45) is 11.7. The van der Waals surface area contributed by atoms with E-state index >= 15 is 0 Å². The first-order chi connectivity index (χ1) is 10.2. The van der Waals surface area contributed by atoms with E-state index in [2.05, 4.69) is 24.3 Å². The predicted molar refractivity (Wildman–Crippen MR) is 84.7 cm³/mol. The second-order valence-electron chi connectivity index (χ2n) is 6.90. The molecule has 1 aromatic carbocycles. The van der Waals surface area contributed by atoms with E-state index in [9.17, 15) is 9.90 Å². The highest BCUT2D eigenvalue weighted by atomic mass is 16.4. The SMILES string of the molecule is O=C(O)C1(c2ccc(C3CCCCCC3)cc2)CCCC1. The lowest BCUT2D eigenvalue weighted by Gasteiger charge is -2.25. The molecule has 2 aliphatic rings. The molecule has 2 nitrogen and oxygen atoms in total. The smallest absolute Gasteiger partial charge is 0.314 e. The average Bonchev–Trinajstić information content (AvgIpc) is 2.85. The quantitative estimate of drug-likeness (QED) is 0.792. The minimum atomic E-state index is -0.637. The van der Waals surface area contributed by atoms with Gasteiger partial charge in [-0.2, -0.15) is 0 Å². The van der Waals surface area contributed by atoms with E-state index in [1.807, 2.05) is 0 Å². The van der Waals surface area contributed by atoms with Gasteiger partial charge in [-0.15, -0.1) is 0 Å². The molecular formula is C19H26O2. The second kappa shape index (κ2) is 6.21. The molecule has 1 N–H and O–H groups in total. The van der Waals surface area contributed by atoms with Crippen LogP contribution in [0.4, 0.5) is 0 Å². The van der Waals surface area contributed by atoms with Gasteiger partial charge in [0.2, 0.25) is 0 Å². The van der Waals surface area contributed by atoms with Crippen LogP contribution < -0.4 is 0 Å². The monoisotopic (exact) mass is 286 g/mol. The van der Waals surface area contributed by atoms with Gasteiger partial charge in [0.1, 0.15) is 0 Å². The molecule has 0 unspecified atom stereocenters. The number of aliphatic carboxylic acids is 1. The Morgan fingerprint density at radius 1 is 0.905 bits per heavy atom. The fraction of sp³-hybridized carbons (Fsp3) is 0.632. The summed E-state index contributed by atoms with van der Waals surface area (Å²) in [6, 6.07) is 8.60. The van der Waals surface area contributed by atoms with Crippen molar-refractivity contribution in [1.82, 2.24) is 0 Å². The zero-order chi connectivity index (χ0) is 14.7. The van der Waals surface area contributed by atoms with E-state index < -0.39 is 11.4 Å². The second-order valence-corrected chi connectivity index (χ2v) is 6.90. The molecule has 2 fully saturated rings. The zero-order valence-corrected chi connectivity index (χ0v) is 12.8. The standard InChI is InChI=1S/C19H26O2/c20-18(21)19(13-5-6-14-19)17-11-9-16(10-12-17)15-7-3-1-2-4-8-15/h9-12,15H,1-8,13-14H2,(H,20,21). The molecule has 114 valence electrons. The van der Waals surface area contributed by atoms with Gasteiger partial charge in [-0.3, -0.25) is 4.79 Å². The third kappa shape index (κ3) is 2.86. The molecule has 1 aromatic rings. The van der Waals surface area contributed by atoms with Gasteiger partial charge in [0, 0.05) is 0 Å². The van der Waals surface area contributed by atoms with Crippen LogP contribution in [0.25, 0.3) is 0 Å². The lowest BCUT2D eigenvalue weighted by molar-refractivity contribution is -0.143. The van der Waals surface area contributed by atoms with Crippen LogP contribution in [0, 0.1) is 0 Å². The highest BCUT2D eigenvalue weighted by molar-refractivity contribution is 5.81. The third-order valence-electron chi connectivity index (χ3n) is 5.66. The Labute approximate surface area is 127 Å². The lowest BCUT2D eigenvalue weighted by Crippen LogP contribution is -2.32. The summed E-state index contributed by atoms with van der Waals surface area (Å²) in [5.74, 6) is 0.0492. The average molecular weight is 286 g/mol. The first-order valence-electron chi connectivity index (χ1n) is 8.56. The first kappa shape index (κ1) is 14.6. The van der Waals surface area contributed by atoms with Gasteiger partial charge in [-0.05, 0) is 42.7 Å². The van der Waals surface area contributed by atoms with Gasteiger partial charge >= 0.3 is 5.97 Å². The molecule has 3 rings (SSSR count). The molecule has 0 bridgehead atoms. The summed E-state index contributed by atoms with van der Waals surface area (Å²) in [4.78, 5) is 11.8. The van der Waals surface area contributed by atoms with E-state index in [0.717, 1.165) is 31.2 Å². The van der Waals surface area contributed by atoms with Crippen LogP contribution in [0.3, 0.4) is 0 Å². The van der Waals surface area contributed by atoms with Gasteiger partial charge in [0.25, 0.3) is 0 Å². The van der Waals surface area contributed by atoms with E-state index in [1.165, 1.54) is 44.1 Å². The molecule has 0 spiro atoms. The molecule has 0 heterocycles. The Kier molecular flexibility index (Phi) is 4.32. The topological polar surface area (TPSA) is 37.3 Å². The Bertz CT molecular complexity index is 475. The number of hydrogen-bond donors (Lipinski definition) is 1. The van der Waals surface area contributed by atoms with Gasteiger partial charge < -0.3 is 5.11 Å². The summed E-state index contributed by atoms with van der Waals surface area (Å²) >= 11 is 0. The van der Waals surface area contributed by atoms with Crippen LogP contribution in [0.2, 0.25) is 0 Å². The van der Waals surface area contributed by atoms with Crippen molar-refractivity contribution in [3.05, 3.63) is 35.4 Å². The van der Waals surface area contributed by atoms with Crippen molar-refractivity contribution < 1.29 is 9.90 Å². The lowest BCUT2D eigenvalue weighted by atomic mass is 9.78. The van der Waals surface area contributed by atoms with Crippen LogP contribution in [0.1, 0.15) is 81.3 Å². The van der Waals surface area contributed by atoms with Crippen LogP contribution in [0.5, 0.6) is 0 Å². The van der Waals surface area contributed by atoms with Crippen LogP contribution >= 0.6 is 0 Å². The number of rotatable bonds is 3. The summed E-state index contributed by atoms with van der Waals surface area (Å²) < 4.78 is 0. The van der Waals surface area contributed by atoms with Gasteiger partial charge in [-0.25, -0.2) is 0 Å². The Morgan fingerprint density at radius 2 is 1.48 bits per heavy atom. The molecule has 2 saturated carbocycles. The van der Waals surface area contributed by atoms with Crippen molar-refractivity contribution in [2.24, 2.45) is 0 Å². The fourth-order valence-electron chi connectivity index (χ4n) is 4.29. The van der Waals surface area contributed by atoms with Crippen molar-refractivity contribution in [2.45, 2.75) is 75.5 Å². The van der Waals surface area contributed by atoms with E-state index in [-0.39, 0.29) is 0 Å². The molecule has 0 amide bonds. The van der Waals surface area contributed by atoms with E-state index in [0.29, 0.717) is 5.92 Å². The molecule has 21 heavy (non-hydrogen) atoms. The summed E-state index contributed by atoms with van der Waals surface area (Å²) in [7, 11) is 0. The van der Waals surface area contributed by atoms with Crippen molar-refractivity contribution in [2.75, 3.05) is 0 Å². The minimum absolute atomic E-state index is 0.609. The van der Waals surface area contributed by atoms with E-state index in [4.69, 9.17) is 0 Å². The van der Waals surface area contributed by atoms with Gasteiger partial charge in [-0.1, -0.05) is 62.8 Å². The maximum atomic E-state index is 11.8. The Balaban J connectivity index is 1.81. The third-order valence-corrected chi connectivity index (χ3v) is 5.66. The Hall–Kier alpha value is -1.31.